The summed E-state index contributed by atoms with van der Waals surface area (Å²) in [6.07, 6.45) is -1.10. The Bertz CT molecular complexity index is 1810. The normalized spacial score (nSPS) is 17.7. The molecule has 0 spiro atoms. The van der Waals surface area contributed by atoms with Gasteiger partial charge in [0, 0.05) is 30.5 Å². The Balaban J connectivity index is 1.59. The van der Waals surface area contributed by atoms with E-state index in [-0.39, 0.29) is 49.6 Å². The molecule has 4 aromatic rings. The summed E-state index contributed by atoms with van der Waals surface area (Å²) < 4.78 is 17.9. The number of carbonyl (C=O) groups excluding carboxylic acids is 2. The van der Waals surface area contributed by atoms with Crippen molar-refractivity contribution in [3.63, 3.8) is 0 Å². The van der Waals surface area contributed by atoms with Gasteiger partial charge in [-0.3, -0.25) is 9.59 Å². The molecule has 3 aromatic carbocycles. The monoisotopic (exact) mass is 740 g/mol. The van der Waals surface area contributed by atoms with Gasteiger partial charge < -0.3 is 39.4 Å². The summed E-state index contributed by atoms with van der Waals surface area (Å²) in [4.78, 5) is 42.0. The molecule has 3 unspecified atom stereocenters. The van der Waals surface area contributed by atoms with E-state index < -0.39 is 35.7 Å². The van der Waals surface area contributed by atoms with Crippen LogP contribution in [0.4, 0.5) is 0 Å². The van der Waals surface area contributed by atoms with Crippen LogP contribution in [-0.4, -0.2) is 70.5 Å². The molecule has 0 radical (unpaired) electrons. The lowest BCUT2D eigenvalue weighted by atomic mass is 9.87. The van der Waals surface area contributed by atoms with Gasteiger partial charge in [0.25, 0.3) is 5.91 Å². The van der Waals surface area contributed by atoms with E-state index >= 15 is 0 Å². The van der Waals surface area contributed by atoms with Crippen LogP contribution in [0.5, 0.6) is 11.5 Å². The van der Waals surface area contributed by atoms with Crippen molar-refractivity contribution in [2.45, 2.75) is 37.8 Å². The fourth-order valence-electron chi connectivity index (χ4n) is 5.38. The predicted octanol–water partition coefficient (Wildman–Crippen LogP) is 3.16. The standard InChI is InChI=1S/C34H33IN2O9/c1-44-29-14-21(19-39)13-25(35)31(29)45-28-17-23(32(41)36-11-12-38)16-26(30(28)40)37(18-20-7-3-2-4-8-20)33(42)24-15-22-9-5-6-10-27(22)46-34(24)43/h2-10,13-15,17,26,28,30,38-40H,11-12,16,18-19H2,1H3,(H,36,41). The molecule has 11 nitrogen and oxygen atoms in total. The van der Waals surface area contributed by atoms with Crippen molar-refractivity contribution in [2.24, 2.45) is 0 Å². The van der Waals surface area contributed by atoms with Crippen LogP contribution < -0.4 is 20.4 Å². The Hall–Kier alpha value is -4.24. The van der Waals surface area contributed by atoms with E-state index in [0.29, 0.717) is 25.9 Å². The number of carbonyl (C=O) groups is 2. The molecule has 0 saturated heterocycles. The van der Waals surface area contributed by atoms with Gasteiger partial charge in [0.1, 0.15) is 23.4 Å². The van der Waals surface area contributed by atoms with Crippen LogP contribution in [0.25, 0.3) is 11.0 Å². The minimum atomic E-state index is -1.37. The maximum absolute atomic E-state index is 14.3. The van der Waals surface area contributed by atoms with Crippen LogP contribution in [0.15, 0.2) is 93.7 Å². The van der Waals surface area contributed by atoms with Gasteiger partial charge in [-0.25, -0.2) is 4.79 Å². The Labute approximate surface area is 278 Å². The maximum atomic E-state index is 14.3. The van der Waals surface area contributed by atoms with E-state index in [1.165, 1.54) is 24.2 Å². The SMILES string of the molecule is COc1cc(CO)cc(I)c1OC1C=C(C(=O)NCCO)CC(N(Cc2ccccc2)C(=O)c2cc3ccccc3oc2=O)C1O. The lowest BCUT2D eigenvalue weighted by Gasteiger charge is -2.40. The quantitative estimate of drug-likeness (QED) is 0.134. The third kappa shape index (κ3) is 7.25. The summed E-state index contributed by atoms with van der Waals surface area (Å²) in [7, 11) is 1.44. The average Bonchev–Trinajstić information content (AvgIpc) is 3.07. The number of hydrogen-bond donors (Lipinski definition) is 4. The summed E-state index contributed by atoms with van der Waals surface area (Å²) in [5.74, 6) is -0.625. The zero-order valence-corrected chi connectivity index (χ0v) is 27.0. The minimum Gasteiger partial charge on any atom is -0.493 e. The molecule has 2 amide bonds. The second kappa shape index (κ2) is 14.9. The first-order valence-electron chi connectivity index (χ1n) is 14.5. The molecule has 240 valence electrons. The maximum Gasteiger partial charge on any atom is 0.349 e. The number of amides is 2. The van der Waals surface area contributed by atoms with E-state index in [1.54, 1.807) is 36.4 Å². The summed E-state index contributed by atoms with van der Waals surface area (Å²) in [6.45, 7) is -0.519. The van der Waals surface area contributed by atoms with E-state index in [2.05, 4.69) is 5.32 Å². The Morgan fingerprint density at radius 3 is 2.50 bits per heavy atom. The van der Waals surface area contributed by atoms with Crippen molar-refractivity contribution < 1.29 is 38.8 Å². The number of nitrogens with one attached hydrogen (secondary N) is 1. The van der Waals surface area contributed by atoms with Gasteiger partial charge in [0.05, 0.1) is 29.9 Å². The Kier molecular flexibility index (Phi) is 10.7. The number of aliphatic hydroxyl groups is 3. The number of fused-ring (bicyclic) bond motifs is 1. The van der Waals surface area contributed by atoms with Gasteiger partial charge in [-0.1, -0.05) is 48.5 Å². The van der Waals surface area contributed by atoms with E-state index in [4.69, 9.17) is 13.9 Å². The summed E-state index contributed by atoms with van der Waals surface area (Å²) in [5.41, 5.74) is 0.791. The highest BCUT2D eigenvalue weighted by molar-refractivity contribution is 14.1. The van der Waals surface area contributed by atoms with Crippen molar-refractivity contribution >= 4 is 45.4 Å². The molecular weight excluding hydrogens is 707 g/mol. The van der Waals surface area contributed by atoms with Gasteiger partial charge in [0.15, 0.2) is 11.5 Å². The van der Waals surface area contributed by atoms with Gasteiger partial charge in [0.2, 0.25) is 5.91 Å². The molecule has 0 fully saturated rings. The van der Waals surface area contributed by atoms with Crippen LogP contribution in [0, 0.1) is 3.57 Å². The first kappa shape index (κ1) is 33.1. The predicted molar refractivity (Wildman–Crippen MR) is 177 cm³/mol. The summed E-state index contributed by atoms with van der Waals surface area (Å²) in [6, 6.07) is 19.6. The second-order valence-corrected chi connectivity index (χ2v) is 11.8. The Morgan fingerprint density at radius 2 is 1.78 bits per heavy atom. The smallest absolute Gasteiger partial charge is 0.349 e. The number of para-hydroxylation sites is 1. The highest BCUT2D eigenvalue weighted by atomic mass is 127. The molecule has 1 heterocycles. The number of aliphatic hydroxyl groups excluding tert-OH is 3. The second-order valence-electron chi connectivity index (χ2n) is 10.7. The lowest BCUT2D eigenvalue weighted by molar-refractivity contribution is -0.118. The molecule has 5 rings (SSSR count). The average molecular weight is 741 g/mol. The van der Waals surface area contributed by atoms with Crippen molar-refractivity contribution in [3.8, 4) is 11.5 Å². The molecule has 3 atom stereocenters. The van der Waals surface area contributed by atoms with Gasteiger partial charge >= 0.3 is 5.63 Å². The van der Waals surface area contributed by atoms with E-state index in [0.717, 1.165) is 5.56 Å². The van der Waals surface area contributed by atoms with Gasteiger partial charge in [-0.2, -0.15) is 0 Å². The van der Waals surface area contributed by atoms with Gasteiger partial charge in [-0.05, 0) is 64.1 Å². The van der Waals surface area contributed by atoms with Crippen molar-refractivity contribution in [1.29, 1.82) is 0 Å². The lowest BCUT2D eigenvalue weighted by Crippen LogP contribution is -2.55. The Morgan fingerprint density at radius 1 is 1.04 bits per heavy atom. The van der Waals surface area contributed by atoms with Gasteiger partial charge in [-0.15, -0.1) is 0 Å². The van der Waals surface area contributed by atoms with Crippen LogP contribution in [-0.2, 0) is 17.9 Å². The zero-order valence-electron chi connectivity index (χ0n) is 24.9. The van der Waals surface area contributed by atoms with Crippen LogP contribution in [0.1, 0.15) is 27.9 Å². The minimum absolute atomic E-state index is 0.00201. The highest BCUT2D eigenvalue weighted by Crippen LogP contribution is 2.37. The molecule has 4 N–H and O–H groups in total. The highest BCUT2D eigenvalue weighted by Gasteiger charge is 2.42. The van der Waals surface area contributed by atoms with Crippen LogP contribution in [0.3, 0.4) is 0 Å². The van der Waals surface area contributed by atoms with E-state index in [1.807, 2.05) is 52.9 Å². The van der Waals surface area contributed by atoms with E-state index in [9.17, 15) is 29.7 Å². The third-order valence-corrected chi connectivity index (χ3v) is 8.47. The largest absolute Gasteiger partial charge is 0.493 e. The fraction of sp³-hybridized carbons (Fsp3) is 0.265. The number of nitrogens with zero attached hydrogens (tertiary/aromatic N) is 1. The molecular formula is C34H33IN2O9. The fourth-order valence-corrected chi connectivity index (χ4v) is 6.17. The number of rotatable bonds is 11. The van der Waals surface area contributed by atoms with Crippen LogP contribution in [0.2, 0.25) is 0 Å². The number of ether oxygens (including phenoxy) is 2. The molecule has 0 bridgehead atoms. The molecule has 46 heavy (non-hydrogen) atoms. The van der Waals surface area contributed by atoms with Crippen LogP contribution >= 0.6 is 22.6 Å². The molecule has 1 aliphatic rings. The summed E-state index contributed by atoms with van der Waals surface area (Å²) >= 11 is 2.03. The molecule has 0 saturated carbocycles. The molecule has 0 aliphatic heterocycles. The topological polar surface area (TPSA) is 159 Å². The zero-order chi connectivity index (χ0) is 32.8. The third-order valence-electron chi connectivity index (χ3n) is 7.67. The number of methoxy groups -OCH3 is 1. The number of halogens is 1. The van der Waals surface area contributed by atoms with Crippen molar-refractivity contribution in [1.82, 2.24) is 10.2 Å². The molecule has 12 heteroatoms. The summed E-state index contributed by atoms with van der Waals surface area (Å²) in [5, 5.41) is 34.0. The molecule has 1 aliphatic carbocycles. The van der Waals surface area contributed by atoms with Crippen molar-refractivity contribution in [2.75, 3.05) is 20.3 Å². The first-order chi connectivity index (χ1) is 22.2. The molecule has 1 aromatic heterocycles. The first-order valence-corrected chi connectivity index (χ1v) is 15.6. The number of hydrogen-bond acceptors (Lipinski definition) is 9. The van der Waals surface area contributed by atoms with Crippen molar-refractivity contribution in [3.05, 3.63) is 115 Å². The number of benzene rings is 3.